The van der Waals surface area contributed by atoms with E-state index in [4.69, 9.17) is 25.8 Å². The number of benzene rings is 1. The maximum atomic E-state index is 15.1. The minimum Gasteiger partial charge on any atom is -0.494 e. The molecule has 0 N–H and O–H groups in total. The van der Waals surface area contributed by atoms with Crippen LogP contribution in [0, 0.1) is 11.6 Å². The zero-order chi connectivity index (χ0) is 22.1. The summed E-state index contributed by atoms with van der Waals surface area (Å²) in [5.41, 5.74) is -0.200. The Labute approximate surface area is 183 Å². The van der Waals surface area contributed by atoms with Crippen LogP contribution in [0.3, 0.4) is 0 Å². The van der Waals surface area contributed by atoms with Gasteiger partial charge in [-0.2, -0.15) is 0 Å². The molecule has 1 aliphatic rings. The third kappa shape index (κ3) is 3.97. The molecule has 3 heterocycles. The number of methoxy groups -OCH3 is 3. The maximum absolute atomic E-state index is 15.1. The molecule has 9 heteroatoms. The van der Waals surface area contributed by atoms with E-state index in [1.807, 2.05) is 0 Å². The van der Waals surface area contributed by atoms with Crippen molar-refractivity contribution < 1.29 is 23.0 Å². The molecule has 164 valence electrons. The largest absolute Gasteiger partial charge is 0.494 e. The van der Waals surface area contributed by atoms with Crippen LogP contribution in [0.2, 0.25) is 5.15 Å². The summed E-state index contributed by atoms with van der Waals surface area (Å²) in [6.45, 7) is 1.38. The van der Waals surface area contributed by atoms with Crippen molar-refractivity contribution in [3.8, 4) is 22.8 Å². The summed E-state index contributed by atoms with van der Waals surface area (Å²) in [5, 5.41) is 1.74. The fourth-order valence-corrected chi connectivity index (χ4v) is 4.04. The number of anilines is 1. The predicted octanol–water partition coefficient (Wildman–Crippen LogP) is 4.86. The molecule has 0 amide bonds. The van der Waals surface area contributed by atoms with Crippen LogP contribution in [0.4, 0.5) is 14.6 Å². The summed E-state index contributed by atoms with van der Waals surface area (Å²) in [5.74, 6) is -1.37. The molecule has 0 saturated carbocycles. The second kappa shape index (κ2) is 8.80. The average molecular weight is 450 g/mol. The van der Waals surface area contributed by atoms with Crippen LogP contribution in [0.5, 0.6) is 11.5 Å². The minimum absolute atomic E-state index is 0.118. The third-order valence-corrected chi connectivity index (χ3v) is 5.77. The van der Waals surface area contributed by atoms with Crippen LogP contribution in [0.1, 0.15) is 12.8 Å². The molecular formula is C22H22ClF2N3O3. The number of hydrogen-bond donors (Lipinski definition) is 0. The van der Waals surface area contributed by atoms with Gasteiger partial charge in [0.05, 0.1) is 31.6 Å². The first-order chi connectivity index (χ1) is 15.0. The smallest absolute Gasteiger partial charge is 0.177 e. The molecule has 0 bridgehead atoms. The molecule has 3 aromatic rings. The molecule has 0 atom stereocenters. The highest BCUT2D eigenvalue weighted by Gasteiger charge is 2.26. The quantitative estimate of drug-likeness (QED) is 0.518. The van der Waals surface area contributed by atoms with Crippen molar-refractivity contribution in [3.05, 3.63) is 41.2 Å². The van der Waals surface area contributed by atoms with Crippen LogP contribution in [-0.2, 0) is 4.74 Å². The maximum Gasteiger partial charge on any atom is 0.177 e. The Balaban J connectivity index is 1.92. The lowest BCUT2D eigenvalue weighted by Crippen LogP contribution is -2.37. The Kier molecular flexibility index (Phi) is 6.11. The monoisotopic (exact) mass is 449 g/mol. The first-order valence-electron chi connectivity index (χ1n) is 9.81. The molecule has 0 radical (unpaired) electrons. The number of ether oxygens (including phenoxy) is 3. The molecule has 1 aliphatic heterocycles. The second-order valence-electron chi connectivity index (χ2n) is 7.27. The van der Waals surface area contributed by atoms with Gasteiger partial charge in [0.1, 0.15) is 11.0 Å². The van der Waals surface area contributed by atoms with Gasteiger partial charge in [0.2, 0.25) is 0 Å². The molecule has 4 rings (SSSR count). The molecule has 31 heavy (non-hydrogen) atoms. The number of fused-ring (bicyclic) bond motifs is 1. The van der Waals surface area contributed by atoms with Crippen LogP contribution < -0.4 is 14.4 Å². The number of halogens is 3. The number of hydrogen-bond acceptors (Lipinski definition) is 6. The summed E-state index contributed by atoms with van der Waals surface area (Å²) in [4.78, 5) is 10.9. The van der Waals surface area contributed by atoms with E-state index in [2.05, 4.69) is 14.9 Å². The Morgan fingerprint density at radius 3 is 2.23 bits per heavy atom. The molecule has 0 spiro atoms. The standard InChI is InChI=1S/C22H22ClF2N3O3/c1-29-13-4-6-28(7-5-13)22-14-9-18(23)26-11-12(14)8-15(27-22)19-20(24)16(30-2)10-17(31-3)21(19)25/h8-11,13H,4-7H2,1-3H3. The normalized spacial score (nSPS) is 14.8. The van der Waals surface area contributed by atoms with Gasteiger partial charge in [-0.1, -0.05) is 11.6 Å². The molecule has 1 fully saturated rings. The number of rotatable bonds is 5. The summed E-state index contributed by atoms with van der Waals surface area (Å²) >= 11 is 6.13. The van der Waals surface area contributed by atoms with Gasteiger partial charge in [-0.25, -0.2) is 18.7 Å². The van der Waals surface area contributed by atoms with Gasteiger partial charge in [0, 0.05) is 43.2 Å². The van der Waals surface area contributed by atoms with E-state index >= 15 is 8.78 Å². The van der Waals surface area contributed by atoms with Crippen molar-refractivity contribution in [2.75, 3.05) is 39.3 Å². The van der Waals surface area contributed by atoms with Crippen molar-refractivity contribution in [3.63, 3.8) is 0 Å². The van der Waals surface area contributed by atoms with Gasteiger partial charge >= 0.3 is 0 Å². The zero-order valence-electron chi connectivity index (χ0n) is 17.4. The van der Waals surface area contributed by atoms with Crippen molar-refractivity contribution >= 4 is 28.2 Å². The van der Waals surface area contributed by atoms with Gasteiger partial charge in [-0.15, -0.1) is 0 Å². The van der Waals surface area contributed by atoms with E-state index < -0.39 is 11.6 Å². The lowest BCUT2D eigenvalue weighted by Gasteiger charge is -2.33. The van der Waals surface area contributed by atoms with Gasteiger partial charge in [-0.3, -0.25) is 0 Å². The zero-order valence-corrected chi connectivity index (χ0v) is 18.2. The molecule has 0 aliphatic carbocycles. The third-order valence-electron chi connectivity index (χ3n) is 5.57. The van der Waals surface area contributed by atoms with E-state index in [1.54, 1.807) is 25.4 Å². The van der Waals surface area contributed by atoms with E-state index in [-0.39, 0.29) is 28.9 Å². The van der Waals surface area contributed by atoms with Crippen LogP contribution in [-0.4, -0.2) is 50.5 Å². The van der Waals surface area contributed by atoms with Crippen molar-refractivity contribution in [2.45, 2.75) is 18.9 Å². The van der Waals surface area contributed by atoms with E-state index in [0.717, 1.165) is 18.2 Å². The topological polar surface area (TPSA) is 56.7 Å². The summed E-state index contributed by atoms with van der Waals surface area (Å²) < 4.78 is 45.9. The highest BCUT2D eigenvalue weighted by atomic mass is 35.5. The Bertz CT molecular complexity index is 1090. The Hall–Kier alpha value is -2.71. The fraction of sp³-hybridized carbons (Fsp3) is 0.364. The van der Waals surface area contributed by atoms with E-state index in [0.29, 0.717) is 29.4 Å². The fourth-order valence-electron chi connectivity index (χ4n) is 3.89. The van der Waals surface area contributed by atoms with E-state index in [1.165, 1.54) is 20.3 Å². The highest BCUT2D eigenvalue weighted by Crippen LogP contribution is 2.39. The van der Waals surface area contributed by atoms with Gasteiger partial charge in [0.15, 0.2) is 23.1 Å². The second-order valence-corrected chi connectivity index (χ2v) is 7.65. The van der Waals surface area contributed by atoms with Gasteiger partial charge in [0.25, 0.3) is 0 Å². The van der Waals surface area contributed by atoms with Gasteiger partial charge in [-0.05, 0) is 25.0 Å². The molecule has 0 unspecified atom stereocenters. The first-order valence-corrected chi connectivity index (χ1v) is 10.2. The summed E-state index contributed by atoms with van der Waals surface area (Å²) in [6.07, 6.45) is 3.38. The van der Waals surface area contributed by atoms with Crippen molar-refractivity contribution in [2.24, 2.45) is 0 Å². The lowest BCUT2D eigenvalue weighted by molar-refractivity contribution is 0.0818. The number of pyridine rings is 2. The molecule has 2 aromatic heterocycles. The molecule has 1 aromatic carbocycles. The highest BCUT2D eigenvalue weighted by molar-refractivity contribution is 6.30. The van der Waals surface area contributed by atoms with Crippen molar-refractivity contribution in [1.29, 1.82) is 0 Å². The Morgan fingerprint density at radius 1 is 1.00 bits per heavy atom. The summed E-state index contributed by atoms with van der Waals surface area (Å²) in [6, 6.07) is 4.47. The molecular weight excluding hydrogens is 428 g/mol. The predicted molar refractivity (Wildman–Crippen MR) is 115 cm³/mol. The van der Waals surface area contributed by atoms with Crippen molar-refractivity contribution in [1.82, 2.24) is 9.97 Å². The molecule has 1 saturated heterocycles. The van der Waals surface area contributed by atoms with Crippen LogP contribution in [0.15, 0.2) is 24.4 Å². The van der Waals surface area contributed by atoms with Gasteiger partial charge < -0.3 is 19.1 Å². The number of aromatic nitrogens is 2. The minimum atomic E-state index is -0.849. The lowest BCUT2D eigenvalue weighted by atomic mass is 10.0. The van der Waals surface area contributed by atoms with Crippen LogP contribution in [0.25, 0.3) is 22.0 Å². The average Bonchev–Trinajstić information content (AvgIpc) is 2.79. The first kappa shape index (κ1) is 21.5. The Morgan fingerprint density at radius 2 is 1.65 bits per heavy atom. The SMILES string of the molecule is COc1cc(OC)c(F)c(-c2cc3cnc(Cl)cc3c(N3CCC(OC)CC3)n2)c1F. The summed E-state index contributed by atoms with van der Waals surface area (Å²) in [7, 11) is 4.32. The van der Waals surface area contributed by atoms with Crippen LogP contribution >= 0.6 is 11.6 Å². The molecule has 6 nitrogen and oxygen atoms in total. The van der Waals surface area contributed by atoms with E-state index in [9.17, 15) is 0 Å². The number of nitrogens with zero attached hydrogens (tertiary/aromatic N) is 3. The number of piperidine rings is 1.